The van der Waals surface area contributed by atoms with E-state index in [1.165, 1.54) is 43.5 Å². The van der Waals surface area contributed by atoms with Gasteiger partial charge in [-0.3, -0.25) is 20.4 Å². The van der Waals surface area contributed by atoms with Gasteiger partial charge in [-0.2, -0.15) is 25.2 Å². The molecule has 2 heterocycles. The number of allylic oxidation sites excluding steroid dienone is 2. The molecule has 364 valence electrons. The van der Waals surface area contributed by atoms with E-state index in [4.69, 9.17) is 9.47 Å². The van der Waals surface area contributed by atoms with Crippen molar-refractivity contribution < 1.29 is 189 Å². The Kier molecular flexibility index (Phi) is 21.5. The summed E-state index contributed by atoms with van der Waals surface area (Å²) >= 11 is 0. The first kappa shape index (κ1) is 63.0. The molecule has 0 amide bonds. The molecule has 5 aromatic rings. The van der Waals surface area contributed by atoms with Crippen LogP contribution in [-0.2, 0) is 45.2 Å². The minimum Gasteiger partial charge on any atom is -0.744 e. The molecule has 1 aliphatic heterocycles. The summed E-state index contributed by atoms with van der Waals surface area (Å²) in [5.41, 5.74) is 1.01. The number of Topliss-reactive ketones (excluding diaryl/α,β-unsaturated/α-hetero) is 2. The van der Waals surface area contributed by atoms with E-state index in [9.17, 15) is 61.5 Å². The monoisotopic (exact) mass is 1130 g/mol. The summed E-state index contributed by atoms with van der Waals surface area (Å²) in [4.78, 5) is 38.7. The number of fused-ring (bicyclic) bond motifs is 2. The van der Waals surface area contributed by atoms with E-state index < -0.39 is 112 Å². The van der Waals surface area contributed by atoms with Crippen molar-refractivity contribution in [2.75, 3.05) is 59.8 Å². The van der Waals surface area contributed by atoms with Gasteiger partial charge in [0.25, 0.3) is 0 Å². The van der Waals surface area contributed by atoms with Crippen LogP contribution in [0.5, 0.6) is 5.75 Å². The number of ketones is 2. The van der Waals surface area contributed by atoms with E-state index in [2.05, 4.69) is 46.6 Å². The number of carbonyl (C=O) groups excluding carboxylic acids is 2. The first-order valence-electron chi connectivity index (χ1n) is 19.7. The summed E-state index contributed by atoms with van der Waals surface area (Å²) in [7, 11) is -20.2. The van der Waals surface area contributed by atoms with Crippen LogP contribution in [-0.4, -0.2) is 123 Å². The molecule has 0 spiro atoms. The number of nitrogens with zero attached hydrogens (tertiary/aromatic N) is 6. The number of benzene rings is 4. The van der Waals surface area contributed by atoms with Gasteiger partial charge in [-0.1, -0.05) is 18.2 Å². The predicted octanol–water partition coefficient (Wildman–Crippen LogP) is -9.87. The maximum atomic E-state index is 14.2. The second-order valence-electron chi connectivity index (χ2n) is 14.7. The van der Waals surface area contributed by atoms with Gasteiger partial charge in [0.1, 0.15) is 57.6 Å². The number of rotatable bonds is 14. The SMILES string of the molecule is COc1ccc(N/N=C2\C(=O)c3ccc(Nc4nc(Nc5cc(S(=O)(=O)[O-])cc6c5C(=O)/C(=N\Nc5ccccc5)C(S(=O)(=O)[O-])=C6)nc(N5CCOCC5)n4)cc3C=C2S(=O)(=O)[O-])c(S(=O)(=O)[O-])c1.[Na+].[Na+].[Na+].[Na+]. The van der Waals surface area contributed by atoms with E-state index >= 15 is 0 Å². The van der Waals surface area contributed by atoms with E-state index in [-0.39, 0.29) is 185 Å². The zero-order chi connectivity index (χ0) is 50.3. The fraction of sp³-hybridized carbons (Fsp3) is 0.125. The van der Waals surface area contributed by atoms with Gasteiger partial charge < -0.3 is 43.2 Å². The molecule has 3 aliphatic rings. The standard InChI is InChI=1S/C40H34N10O16S4.4Na/c1-65-25-8-10-28(30(19-25)68(56,57)58)47-49-34-31(69(59,60)61)17-21-15-24(7-9-27(21)36(34)51)41-38-43-39(45-40(44-38)50-11-13-66-14-12-50)42-29-20-26(67(53,54)55)16-22-18-32(70(62,63)64)35(37(52)33(22)29)48-46-23-5-3-2-4-6-23;;;;/h2-10,15-20,46-47H,11-14H2,1H3,(H,53,54,55)(H,56,57,58)(H,59,60,61)(H,62,63,64)(H2,41,42,43,44,45);;;;/q;4*+1/p-4/b48-35-,49-34-;;;;. The van der Waals surface area contributed by atoms with Crippen LogP contribution in [0.15, 0.2) is 109 Å². The van der Waals surface area contributed by atoms with Gasteiger partial charge in [0.2, 0.25) is 29.4 Å². The number of aromatic nitrogens is 3. The Morgan fingerprint density at radius 2 is 1.20 bits per heavy atom. The molecule has 1 fully saturated rings. The van der Waals surface area contributed by atoms with Crippen molar-refractivity contribution in [2.45, 2.75) is 9.79 Å². The zero-order valence-electron chi connectivity index (χ0n) is 39.3. The number of methoxy groups -OCH3 is 1. The molecule has 0 saturated carbocycles. The first-order chi connectivity index (χ1) is 33.0. The van der Waals surface area contributed by atoms with Gasteiger partial charge in [0.05, 0.1) is 62.6 Å². The largest absolute Gasteiger partial charge is 1.00 e. The number of para-hydroxylation sites is 1. The number of morpholine rings is 1. The van der Waals surface area contributed by atoms with Crippen molar-refractivity contribution in [3.63, 3.8) is 0 Å². The second kappa shape index (κ2) is 25.3. The number of ether oxygens (including phenoxy) is 2. The molecule has 1 aromatic heterocycles. The summed E-state index contributed by atoms with van der Waals surface area (Å²) < 4.78 is 159. The Morgan fingerprint density at radius 1 is 0.608 bits per heavy atom. The third-order valence-corrected chi connectivity index (χ3v) is 13.6. The third kappa shape index (κ3) is 14.5. The van der Waals surface area contributed by atoms with Crippen LogP contribution in [0.2, 0.25) is 0 Å². The molecule has 0 unspecified atom stereocenters. The molecular weight excluding hydrogens is 1100 g/mol. The van der Waals surface area contributed by atoms with Crippen LogP contribution in [0.1, 0.15) is 31.8 Å². The Balaban J connectivity index is 0.00000296. The predicted molar refractivity (Wildman–Crippen MR) is 244 cm³/mol. The Bertz CT molecular complexity index is 3640. The average molecular weight is 1130 g/mol. The smallest absolute Gasteiger partial charge is 0.744 e. The Morgan fingerprint density at radius 3 is 1.80 bits per heavy atom. The summed E-state index contributed by atoms with van der Waals surface area (Å²) in [5, 5.41) is 13.2. The van der Waals surface area contributed by atoms with E-state index in [1.807, 2.05) is 0 Å². The first-order valence-corrected chi connectivity index (χ1v) is 25.3. The zero-order valence-corrected chi connectivity index (χ0v) is 50.6. The van der Waals surface area contributed by atoms with Crippen LogP contribution < -0.4 is 149 Å². The Labute approximate surface area is 510 Å². The van der Waals surface area contributed by atoms with Gasteiger partial charge in [0.15, 0.2) is 0 Å². The number of hydrazone groups is 2. The van der Waals surface area contributed by atoms with Gasteiger partial charge in [0, 0.05) is 24.3 Å². The van der Waals surface area contributed by atoms with E-state index in [1.54, 1.807) is 23.1 Å². The van der Waals surface area contributed by atoms with Crippen molar-refractivity contribution in [2.24, 2.45) is 10.2 Å². The molecule has 74 heavy (non-hydrogen) atoms. The quantitative estimate of drug-likeness (QED) is 0.0456. The molecule has 26 nitrogen and oxygen atoms in total. The van der Waals surface area contributed by atoms with E-state index in [0.29, 0.717) is 12.1 Å². The van der Waals surface area contributed by atoms with Gasteiger partial charge in [-0.15, -0.1) is 0 Å². The number of carbonyl (C=O) groups is 2. The molecule has 2 aliphatic carbocycles. The normalized spacial score (nSPS) is 15.6. The molecule has 0 atom stereocenters. The van der Waals surface area contributed by atoms with Gasteiger partial charge in [-0.25, -0.2) is 33.7 Å². The topological polar surface area (TPSA) is 396 Å². The van der Waals surface area contributed by atoms with Crippen molar-refractivity contribution in [3.8, 4) is 5.75 Å². The number of hydrogen-bond donors (Lipinski definition) is 4. The molecule has 1 saturated heterocycles. The van der Waals surface area contributed by atoms with E-state index in [0.717, 1.165) is 24.3 Å². The van der Waals surface area contributed by atoms with Crippen molar-refractivity contribution in [1.82, 2.24) is 15.0 Å². The summed E-state index contributed by atoms with van der Waals surface area (Å²) in [5.74, 6) is -3.06. The summed E-state index contributed by atoms with van der Waals surface area (Å²) in [6.07, 6.45) is 1.51. The van der Waals surface area contributed by atoms with Crippen LogP contribution in [0, 0.1) is 0 Å². The number of anilines is 7. The summed E-state index contributed by atoms with van der Waals surface area (Å²) in [6.45, 7) is 0.954. The van der Waals surface area contributed by atoms with Crippen LogP contribution in [0.25, 0.3) is 12.2 Å². The molecule has 34 heteroatoms. The van der Waals surface area contributed by atoms with Crippen molar-refractivity contribution >= 4 is 116 Å². The molecule has 0 bridgehead atoms. The molecule has 4 N–H and O–H groups in total. The minimum atomic E-state index is -5.48. The van der Waals surface area contributed by atoms with Crippen LogP contribution in [0.3, 0.4) is 0 Å². The molecular formula is C40H30N10Na4O16S4. The number of nitrogens with one attached hydrogen (secondary N) is 4. The molecule has 4 aromatic carbocycles. The van der Waals surface area contributed by atoms with Gasteiger partial charge in [-0.05, 0) is 83.9 Å². The van der Waals surface area contributed by atoms with Crippen molar-refractivity contribution in [1.29, 1.82) is 0 Å². The maximum absolute atomic E-state index is 14.2. The molecule has 8 rings (SSSR count). The molecule has 0 radical (unpaired) electrons. The maximum Gasteiger partial charge on any atom is 1.00 e. The fourth-order valence-corrected chi connectivity index (χ4v) is 9.47. The van der Waals surface area contributed by atoms with Gasteiger partial charge >= 0.3 is 118 Å². The van der Waals surface area contributed by atoms with Crippen LogP contribution in [0.4, 0.5) is 40.6 Å². The minimum absolute atomic E-state index is 0. The van der Waals surface area contributed by atoms with Crippen molar-refractivity contribution in [3.05, 3.63) is 111 Å². The average Bonchev–Trinajstić information content (AvgIpc) is 3.30. The second-order valence-corrected chi connectivity index (χ2v) is 20.2. The number of hydrogen-bond acceptors (Lipinski definition) is 26. The van der Waals surface area contributed by atoms with Crippen LogP contribution >= 0.6 is 0 Å². The Hall–Kier alpha value is -3.55. The summed E-state index contributed by atoms with van der Waals surface area (Å²) in [6, 6.07) is 16.3. The fourth-order valence-electron chi connectivity index (χ4n) is 7.00. The third-order valence-electron chi connectivity index (χ3n) is 10.2.